The highest BCUT2D eigenvalue weighted by molar-refractivity contribution is 6.07. The largest absolute Gasteiger partial charge is 0.498 e. The molecule has 0 fully saturated rings. The average molecular weight is 731 g/mol. The summed E-state index contributed by atoms with van der Waals surface area (Å²) in [5.41, 5.74) is 10.9. The molecule has 0 aliphatic rings. The lowest BCUT2D eigenvalue weighted by atomic mass is 10.1. The highest BCUT2D eigenvalue weighted by Crippen LogP contribution is 2.27. The first kappa shape index (κ1) is 39.1. The number of imidazole rings is 1. The highest BCUT2D eigenvalue weighted by Gasteiger charge is 2.22. The van der Waals surface area contributed by atoms with E-state index in [4.69, 9.17) is 24.9 Å². The molecule has 54 heavy (non-hydrogen) atoms. The summed E-state index contributed by atoms with van der Waals surface area (Å²) in [6.07, 6.45) is 7.26. The topological polar surface area (TPSA) is 134 Å². The second-order valence-electron chi connectivity index (χ2n) is 13.0. The van der Waals surface area contributed by atoms with Gasteiger partial charge in [-0.1, -0.05) is 69.7 Å². The van der Waals surface area contributed by atoms with Crippen LogP contribution < -0.4 is 25.4 Å². The fourth-order valence-electron chi connectivity index (χ4n) is 5.91. The van der Waals surface area contributed by atoms with Crippen LogP contribution in [0.25, 0.3) is 16.7 Å². The summed E-state index contributed by atoms with van der Waals surface area (Å²) in [6, 6.07) is 25.6. The Morgan fingerprint density at radius 2 is 1.69 bits per heavy atom. The number of carbonyl (C=O) groups excluding carboxylic acids is 2. The van der Waals surface area contributed by atoms with Crippen molar-refractivity contribution in [2.45, 2.75) is 52.5 Å². The monoisotopic (exact) mass is 730 g/mol. The van der Waals surface area contributed by atoms with E-state index < -0.39 is 5.97 Å². The van der Waals surface area contributed by atoms with Gasteiger partial charge in [0.1, 0.15) is 11.6 Å². The Balaban J connectivity index is 1.20. The molecule has 0 spiro atoms. The molecule has 2 heterocycles. The zero-order valence-electron chi connectivity index (χ0n) is 31.6. The van der Waals surface area contributed by atoms with Crippen LogP contribution in [0.2, 0.25) is 0 Å². The summed E-state index contributed by atoms with van der Waals surface area (Å²) < 4.78 is 18.7. The van der Waals surface area contributed by atoms with E-state index in [1.807, 2.05) is 48.0 Å². The molecule has 5 aromatic rings. The van der Waals surface area contributed by atoms with Gasteiger partial charge in [0.2, 0.25) is 0 Å². The van der Waals surface area contributed by atoms with E-state index in [2.05, 4.69) is 30.7 Å². The van der Waals surface area contributed by atoms with Gasteiger partial charge in [0.15, 0.2) is 11.5 Å². The zero-order valence-corrected chi connectivity index (χ0v) is 31.6. The molecule has 0 aliphatic carbocycles. The number of allylic oxidation sites excluding steroid dienone is 2. The number of pyridine rings is 1. The van der Waals surface area contributed by atoms with Gasteiger partial charge in [0.25, 0.3) is 5.91 Å². The summed E-state index contributed by atoms with van der Waals surface area (Å²) >= 11 is 0. The third-order valence-corrected chi connectivity index (χ3v) is 9.36. The number of nitrogens with two attached hydrogens (primary N) is 1. The van der Waals surface area contributed by atoms with Crippen molar-refractivity contribution in [1.29, 1.82) is 0 Å². The first-order valence-electron chi connectivity index (χ1n) is 18.3. The molecule has 11 nitrogen and oxygen atoms in total. The molecule has 1 amide bonds. The molecule has 0 bridgehead atoms. The number of ether oxygens (including phenoxy) is 3. The van der Waals surface area contributed by atoms with Crippen molar-refractivity contribution in [1.82, 2.24) is 14.5 Å². The summed E-state index contributed by atoms with van der Waals surface area (Å²) in [7, 11) is 3.45. The van der Waals surface area contributed by atoms with Crippen LogP contribution in [-0.2, 0) is 23.1 Å². The molecular formula is C43H50N6O5. The Labute approximate surface area is 317 Å². The van der Waals surface area contributed by atoms with Gasteiger partial charge < -0.3 is 29.8 Å². The van der Waals surface area contributed by atoms with Crippen LogP contribution in [0, 0.1) is 5.92 Å². The number of benzene rings is 3. The molecule has 0 atom stereocenters. The number of aryl methyl sites for hydroxylation is 1. The van der Waals surface area contributed by atoms with E-state index in [0.29, 0.717) is 53.2 Å². The van der Waals surface area contributed by atoms with E-state index in [9.17, 15) is 9.59 Å². The van der Waals surface area contributed by atoms with Gasteiger partial charge in [-0.3, -0.25) is 14.5 Å². The van der Waals surface area contributed by atoms with Crippen molar-refractivity contribution in [2.75, 3.05) is 30.5 Å². The number of hydrogen-bond donors (Lipinski definition) is 2. The standard InChI is InChI=1S/C43H50N6O5/c1-6-31(7-2)29-53-30(3)13-12-14-35(44)32-18-21-34(22-19-32)46-28-41-47-36-27-33(20-23-37(36)48(41)4)43(51)49(40-17-10-11-25-45-40)26-24-42(50)54-39-16-9-8-15-38(39)52-5/h8-11,14-23,25,27,31,46H,3,6-7,12-13,24,26,28-29,44H2,1-2,4-5H3/b35-14-. The van der Waals surface area contributed by atoms with E-state index in [-0.39, 0.29) is 18.9 Å². The van der Waals surface area contributed by atoms with Gasteiger partial charge in [0.05, 0.1) is 43.5 Å². The lowest BCUT2D eigenvalue weighted by Gasteiger charge is -2.21. The second kappa shape index (κ2) is 19.1. The minimum Gasteiger partial charge on any atom is -0.498 e. The number of fused-ring (bicyclic) bond motifs is 1. The molecule has 0 radical (unpaired) electrons. The van der Waals surface area contributed by atoms with Gasteiger partial charge in [-0.25, -0.2) is 9.97 Å². The maximum absolute atomic E-state index is 13.9. The van der Waals surface area contributed by atoms with E-state index in [1.165, 1.54) is 12.0 Å². The van der Waals surface area contributed by atoms with Crippen molar-refractivity contribution in [3.63, 3.8) is 0 Å². The van der Waals surface area contributed by atoms with Crippen molar-refractivity contribution in [2.24, 2.45) is 18.7 Å². The third-order valence-electron chi connectivity index (χ3n) is 9.36. The van der Waals surface area contributed by atoms with Crippen LogP contribution in [0.3, 0.4) is 0 Å². The minimum atomic E-state index is -0.504. The fourth-order valence-corrected chi connectivity index (χ4v) is 5.91. The summed E-state index contributed by atoms with van der Waals surface area (Å²) in [5, 5.41) is 3.44. The molecule has 0 unspecified atom stereocenters. The molecule has 2 aromatic heterocycles. The SMILES string of the molecule is C=C(CC/C=C(\N)c1ccc(NCc2nc3cc(C(=O)N(CCC(=O)Oc4ccccc4OC)c4ccccn4)ccc3n2C)cc1)OCC(CC)CC. The molecular weight excluding hydrogens is 681 g/mol. The van der Waals surface area contributed by atoms with Crippen molar-refractivity contribution in [3.05, 3.63) is 126 Å². The number of nitrogens with one attached hydrogen (secondary N) is 1. The van der Waals surface area contributed by atoms with Gasteiger partial charge in [-0.2, -0.15) is 0 Å². The average Bonchev–Trinajstić information content (AvgIpc) is 3.52. The Bertz CT molecular complexity index is 2050. The minimum absolute atomic E-state index is 0.0583. The molecule has 0 aliphatic heterocycles. The molecule has 282 valence electrons. The van der Waals surface area contributed by atoms with Crippen LogP contribution >= 0.6 is 0 Å². The number of carbonyl (C=O) groups is 2. The predicted octanol–water partition coefficient (Wildman–Crippen LogP) is 8.28. The zero-order chi connectivity index (χ0) is 38.5. The molecule has 3 aromatic carbocycles. The lowest BCUT2D eigenvalue weighted by molar-refractivity contribution is -0.134. The number of para-hydroxylation sites is 2. The van der Waals surface area contributed by atoms with Crippen LogP contribution in [0.1, 0.15) is 67.7 Å². The molecule has 0 saturated heterocycles. The number of nitrogens with zero attached hydrogens (tertiary/aromatic N) is 4. The maximum Gasteiger partial charge on any atom is 0.313 e. The molecule has 11 heteroatoms. The number of methoxy groups -OCH3 is 1. The van der Waals surface area contributed by atoms with Crippen molar-refractivity contribution in [3.8, 4) is 11.5 Å². The number of aromatic nitrogens is 3. The first-order chi connectivity index (χ1) is 26.2. The highest BCUT2D eigenvalue weighted by atomic mass is 16.6. The second-order valence-corrected chi connectivity index (χ2v) is 13.0. The van der Waals surface area contributed by atoms with Gasteiger partial charge in [0, 0.05) is 43.2 Å². The quantitative estimate of drug-likeness (QED) is 0.0489. The number of amides is 1. The van der Waals surface area contributed by atoms with Gasteiger partial charge in [-0.15, -0.1) is 0 Å². The lowest BCUT2D eigenvalue weighted by Crippen LogP contribution is -2.34. The predicted molar refractivity (Wildman–Crippen MR) is 214 cm³/mol. The third kappa shape index (κ3) is 10.3. The van der Waals surface area contributed by atoms with Crippen molar-refractivity contribution < 1.29 is 23.8 Å². The Kier molecular flexibility index (Phi) is 13.8. The van der Waals surface area contributed by atoms with Crippen molar-refractivity contribution >= 4 is 40.1 Å². The van der Waals surface area contributed by atoms with Crippen LogP contribution in [0.4, 0.5) is 11.5 Å². The first-order valence-corrected chi connectivity index (χ1v) is 18.3. The molecule has 3 N–H and O–H groups in total. The van der Waals surface area contributed by atoms with Gasteiger partial charge >= 0.3 is 5.97 Å². The van der Waals surface area contributed by atoms with Crippen LogP contribution in [0.5, 0.6) is 11.5 Å². The number of rotatable bonds is 19. The molecule has 0 saturated carbocycles. The Hall–Kier alpha value is -6.10. The number of anilines is 2. The van der Waals surface area contributed by atoms with E-state index in [0.717, 1.165) is 54.0 Å². The summed E-state index contributed by atoms with van der Waals surface area (Å²) in [5.74, 6) is 2.52. The number of esters is 1. The van der Waals surface area contributed by atoms with E-state index >= 15 is 0 Å². The maximum atomic E-state index is 13.9. The Morgan fingerprint density at radius 1 is 0.963 bits per heavy atom. The summed E-state index contributed by atoms with van der Waals surface area (Å²) in [4.78, 5) is 37.5. The normalized spacial score (nSPS) is 11.4. The van der Waals surface area contributed by atoms with E-state index in [1.54, 1.807) is 60.8 Å². The van der Waals surface area contributed by atoms with Gasteiger partial charge in [-0.05, 0) is 72.5 Å². The van der Waals surface area contributed by atoms with Crippen LogP contribution in [-0.4, -0.2) is 46.7 Å². The molecule has 5 rings (SSSR count). The fraction of sp³-hybridized carbons (Fsp3) is 0.302. The number of hydrogen-bond acceptors (Lipinski definition) is 9. The summed E-state index contributed by atoms with van der Waals surface area (Å²) in [6.45, 7) is 9.66. The smallest absolute Gasteiger partial charge is 0.313 e. The Morgan fingerprint density at radius 3 is 2.39 bits per heavy atom. The van der Waals surface area contributed by atoms with Crippen LogP contribution in [0.15, 0.2) is 110 Å².